The summed E-state index contributed by atoms with van der Waals surface area (Å²) in [6, 6.07) is 15.3. The standard InChI is InChI=1S/C36H48N6O7/c1-24(2)21-40(29-19-25(33(43)39-15-17-48-18-16-39)22-41(35(45)46)32(29)36(3,4)5)34(44)31-30(23-49-28-14-10-13-27(20-28)47-6)42(38-37-31)26-11-8-7-9-12-26/h7-14,20,24-25,29,32H,15-19,21-23H2,1-6H3,(H,45,46)/t25-,29+,32?/m1/s1. The van der Waals surface area contributed by atoms with Crippen LogP contribution in [0.2, 0.25) is 0 Å². The molecule has 0 saturated carbocycles. The van der Waals surface area contributed by atoms with Crippen molar-refractivity contribution in [1.82, 2.24) is 29.7 Å². The molecular formula is C36H48N6O7. The zero-order valence-corrected chi connectivity index (χ0v) is 29.2. The van der Waals surface area contributed by atoms with E-state index >= 15 is 0 Å². The molecule has 13 nitrogen and oxygen atoms in total. The van der Waals surface area contributed by atoms with Gasteiger partial charge in [-0.3, -0.25) is 9.59 Å². The number of piperidine rings is 1. The summed E-state index contributed by atoms with van der Waals surface area (Å²) in [6.07, 6.45) is -0.813. The minimum atomic E-state index is -1.12. The maximum Gasteiger partial charge on any atom is 0.407 e. The Balaban J connectivity index is 1.57. The van der Waals surface area contributed by atoms with E-state index in [-0.39, 0.29) is 30.7 Å². The second-order valence-electron chi connectivity index (χ2n) is 14.1. The van der Waals surface area contributed by atoms with E-state index in [9.17, 15) is 19.5 Å². The first-order valence-corrected chi connectivity index (χ1v) is 16.8. The van der Waals surface area contributed by atoms with Crippen molar-refractivity contribution in [3.63, 3.8) is 0 Å². The third-order valence-electron chi connectivity index (χ3n) is 9.05. The zero-order valence-electron chi connectivity index (χ0n) is 29.2. The molecule has 2 saturated heterocycles. The van der Waals surface area contributed by atoms with Crippen molar-refractivity contribution in [3.8, 4) is 17.2 Å². The first kappa shape index (κ1) is 35.7. The Kier molecular flexibility index (Phi) is 11.1. The molecule has 3 aromatic rings. The molecule has 2 aliphatic heterocycles. The van der Waals surface area contributed by atoms with Crippen molar-refractivity contribution in [2.45, 2.75) is 59.7 Å². The number of amides is 3. The van der Waals surface area contributed by atoms with Gasteiger partial charge >= 0.3 is 6.09 Å². The summed E-state index contributed by atoms with van der Waals surface area (Å²) in [7, 11) is 1.58. The maximum absolute atomic E-state index is 14.9. The molecule has 3 atom stereocenters. The van der Waals surface area contributed by atoms with Crippen LogP contribution in [0.1, 0.15) is 57.2 Å². The molecule has 1 aromatic heterocycles. The monoisotopic (exact) mass is 676 g/mol. The van der Waals surface area contributed by atoms with Crippen LogP contribution in [0.5, 0.6) is 11.5 Å². The van der Waals surface area contributed by atoms with Crippen LogP contribution in [0.25, 0.3) is 5.69 Å². The van der Waals surface area contributed by atoms with Crippen molar-refractivity contribution in [1.29, 1.82) is 0 Å². The van der Waals surface area contributed by atoms with Crippen LogP contribution < -0.4 is 9.47 Å². The Labute approximate surface area is 287 Å². The summed E-state index contributed by atoms with van der Waals surface area (Å²) in [5, 5.41) is 19.4. The number of hydrogen-bond acceptors (Lipinski definition) is 8. The highest BCUT2D eigenvalue weighted by Crippen LogP contribution is 2.38. The van der Waals surface area contributed by atoms with Gasteiger partial charge in [0.15, 0.2) is 5.69 Å². The topological polar surface area (TPSA) is 140 Å². The number of methoxy groups -OCH3 is 1. The van der Waals surface area contributed by atoms with E-state index in [1.165, 1.54) is 4.90 Å². The highest BCUT2D eigenvalue weighted by atomic mass is 16.5. The third-order valence-corrected chi connectivity index (χ3v) is 9.05. The lowest BCUT2D eigenvalue weighted by molar-refractivity contribution is -0.144. The van der Waals surface area contributed by atoms with Crippen molar-refractivity contribution in [3.05, 3.63) is 66.0 Å². The van der Waals surface area contributed by atoms with E-state index in [0.29, 0.717) is 62.1 Å². The average molecular weight is 677 g/mol. The van der Waals surface area contributed by atoms with Crippen molar-refractivity contribution < 1.29 is 33.7 Å². The fourth-order valence-corrected chi connectivity index (χ4v) is 6.93. The van der Waals surface area contributed by atoms with E-state index in [1.807, 2.05) is 77.1 Å². The van der Waals surface area contributed by atoms with Gasteiger partial charge in [-0.2, -0.15) is 0 Å². The Morgan fingerprint density at radius 1 is 1.04 bits per heavy atom. The Bertz CT molecular complexity index is 1600. The number of rotatable bonds is 10. The van der Waals surface area contributed by atoms with E-state index in [1.54, 1.807) is 33.7 Å². The van der Waals surface area contributed by atoms with Crippen LogP contribution in [0.15, 0.2) is 54.6 Å². The predicted octanol–water partition coefficient (Wildman–Crippen LogP) is 4.60. The number of aromatic nitrogens is 3. The lowest BCUT2D eigenvalue weighted by Crippen LogP contribution is -2.66. The van der Waals surface area contributed by atoms with Gasteiger partial charge in [0.1, 0.15) is 23.8 Å². The summed E-state index contributed by atoms with van der Waals surface area (Å²) in [6.45, 7) is 12.0. The zero-order chi connectivity index (χ0) is 35.3. The Morgan fingerprint density at radius 3 is 2.37 bits per heavy atom. The van der Waals surface area contributed by atoms with E-state index < -0.39 is 35.4 Å². The normalized spacial score (nSPS) is 19.9. The highest BCUT2D eigenvalue weighted by Gasteiger charge is 2.50. The summed E-state index contributed by atoms with van der Waals surface area (Å²) in [4.78, 5) is 46.6. The molecule has 0 bridgehead atoms. The summed E-state index contributed by atoms with van der Waals surface area (Å²) >= 11 is 0. The van der Waals surface area contributed by atoms with Gasteiger partial charge in [-0.25, -0.2) is 9.48 Å². The van der Waals surface area contributed by atoms with Gasteiger partial charge in [-0.15, -0.1) is 5.10 Å². The highest BCUT2D eigenvalue weighted by molar-refractivity contribution is 5.94. The molecule has 5 rings (SSSR count). The summed E-state index contributed by atoms with van der Waals surface area (Å²) in [5.74, 6) is 0.0471. The number of carbonyl (C=O) groups is 3. The van der Waals surface area contributed by atoms with Crippen molar-refractivity contribution in [2.24, 2.45) is 17.3 Å². The van der Waals surface area contributed by atoms with Gasteiger partial charge in [-0.05, 0) is 42.0 Å². The predicted molar refractivity (Wildman–Crippen MR) is 182 cm³/mol. The minimum Gasteiger partial charge on any atom is -0.497 e. The van der Waals surface area contributed by atoms with E-state index in [4.69, 9.17) is 14.2 Å². The van der Waals surface area contributed by atoms with Crippen LogP contribution in [-0.2, 0) is 16.1 Å². The lowest BCUT2D eigenvalue weighted by atomic mass is 9.74. The van der Waals surface area contributed by atoms with E-state index in [0.717, 1.165) is 0 Å². The molecule has 13 heteroatoms. The number of nitrogens with zero attached hydrogens (tertiary/aromatic N) is 6. The average Bonchev–Trinajstić information content (AvgIpc) is 3.52. The second kappa shape index (κ2) is 15.3. The van der Waals surface area contributed by atoms with Gasteiger partial charge < -0.3 is 34.0 Å². The molecule has 49 heavy (non-hydrogen) atoms. The summed E-state index contributed by atoms with van der Waals surface area (Å²) in [5.41, 5.74) is 0.675. The first-order valence-electron chi connectivity index (χ1n) is 16.8. The lowest BCUT2D eigenvalue weighted by Gasteiger charge is -2.52. The molecule has 0 spiro atoms. The van der Waals surface area contributed by atoms with Crippen LogP contribution in [0, 0.1) is 17.3 Å². The van der Waals surface area contributed by atoms with Crippen LogP contribution in [0.4, 0.5) is 4.79 Å². The molecule has 0 radical (unpaired) electrons. The smallest absolute Gasteiger partial charge is 0.407 e. The second-order valence-corrected chi connectivity index (χ2v) is 14.1. The van der Waals surface area contributed by atoms with Gasteiger partial charge in [-0.1, -0.05) is 64.1 Å². The number of hydrogen-bond donors (Lipinski definition) is 1. The molecule has 0 aliphatic carbocycles. The number of ether oxygens (including phenoxy) is 3. The molecule has 264 valence electrons. The largest absolute Gasteiger partial charge is 0.497 e. The van der Waals surface area contributed by atoms with Crippen molar-refractivity contribution >= 4 is 17.9 Å². The molecule has 2 fully saturated rings. The number of benzene rings is 2. The maximum atomic E-state index is 14.9. The van der Waals surface area contributed by atoms with Crippen LogP contribution >= 0.6 is 0 Å². The van der Waals surface area contributed by atoms with Crippen LogP contribution in [0.3, 0.4) is 0 Å². The van der Waals surface area contributed by atoms with Gasteiger partial charge in [0, 0.05) is 32.2 Å². The fraction of sp³-hybridized carbons (Fsp3) is 0.528. The molecule has 3 heterocycles. The molecule has 2 aliphatic rings. The first-order chi connectivity index (χ1) is 23.4. The number of morpholine rings is 1. The quantitative estimate of drug-likeness (QED) is 0.327. The SMILES string of the molecule is COc1cccc(OCc2c(C(=O)N(CC(C)C)[C@H]3C[C@@H](C(=O)N4CCOCC4)CN(C(=O)O)C3C(C)(C)C)nnn2-c2ccccc2)c1. The van der Waals surface area contributed by atoms with Gasteiger partial charge in [0.05, 0.1) is 44.0 Å². The number of likely N-dealkylation sites (tertiary alicyclic amines) is 1. The number of carboxylic acid groups (broad SMARTS) is 1. The number of carbonyl (C=O) groups excluding carboxylic acids is 2. The molecule has 1 unspecified atom stereocenters. The van der Waals surface area contributed by atoms with Gasteiger partial charge in [0.2, 0.25) is 5.91 Å². The number of para-hydroxylation sites is 1. The van der Waals surface area contributed by atoms with E-state index in [2.05, 4.69) is 10.3 Å². The van der Waals surface area contributed by atoms with Crippen LogP contribution in [-0.4, -0.2) is 111 Å². The molecule has 3 amide bonds. The fourth-order valence-electron chi connectivity index (χ4n) is 6.93. The van der Waals surface area contributed by atoms with Gasteiger partial charge in [0.25, 0.3) is 5.91 Å². The molecule has 2 aromatic carbocycles. The molecular weight excluding hydrogens is 628 g/mol. The Morgan fingerprint density at radius 2 is 1.73 bits per heavy atom. The Hall–Kier alpha value is -4.65. The minimum absolute atomic E-state index is 0.0267. The third kappa shape index (κ3) is 8.15. The summed E-state index contributed by atoms with van der Waals surface area (Å²) < 4.78 is 18.6. The molecule has 1 N–H and O–H groups in total. The van der Waals surface area contributed by atoms with Crippen molar-refractivity contribution in [2.75, 3.05) is 46.5 Å².